The maximum absolute atomic E-state index is 3.76. The van der Waals surface area contributed by atoms with Gasteiger partial charge in [0.1, 0.15) is 0 Å². The minimum absolute atomic E-state index is 0.324. The van der Waals surface area contributed by atoms with Gasteiger partial charge in [0.2, 0.25) is 0 Å². The molecule has 0 saturated heterocycles. The highest BCUT2D eigenvalue weighted by molar-refractivity contribution is 9.10. The van der Waals surface area contributed by atoms with Gasteiger partial charge >= 0.3 is 0 Å². The van der Waals surface area contributed by atoms with E-state index in [2.05, 4.69) is 83.8 Å². The maximum Gasteiger partial charge on any atom is 0.0442 e. The van der Waals surface area contributed by atoms with Crippen molar-refractivity contribution < 1.29 is 0 Å². The zero-order valence-corrected chi connectivity index (χ0v) is 14.0. The quantitative estimate of drug-likeness (QED) is 0.753. The van der Waals surface area contributed by atoms with Crippen molar-refractivity contribution in [3.8, 4) is 0 Å². The third-order valence-electron chi connectivity index (χ3n) is 3.32. The number of benzene rings is 1. The highest BCUT2D eigenvalue weighted by Crippen LogP contribution is 2.30. The summed E-state index contributed by atoms with van der Waals surface area (Å²) in [6.07, 6.45) is 0. The van der Waals surface area contributed by atoms with Gasteiger partial charge in [0.15, 0.2) is 0 Å². The van der Waals surface area contributed by atoms with Crippen molar-refractivity contribution in [1.82, 2.24) is 5.32 Å². The summed E-state index contributed by atoms with van der Waals surface area (Å²) in [6.45, 7) is 6.76. The Labute approximate surface area is 128 Å². The predicted molar refractivity (Wildman–Crippen MR) is 87.6 cm³/mol. The van der Waals surface area contributed by atoms with Crippen molar-refractivity contribution in [2.45, 2.75) is 32.9 Å². The van der Waals surface area contributed by atoms with E-state index in [0.29, 0.717) is 18.0 Å². The second kappa shape index (κ2) is 6.69. The van der Waals surface area contributed by atoms with Gasteiger partial charge in [-0.3, -0.25) is 0 Å². The highest BCUT2D eigenvalue weighted by Gasteiger charge is 2.20. The Morgan fingerprint density at radius 2 is 1.79 bits per heavy atom. The van der Waals surface area contributed by atoms with Gasteiger partial charge in [0.05, 0.1) is 0 Å². The fourth-order valence-corrected chi connectivity index (χ4v) is 3.84. The Morgan fingerprint density at radius 3 is 2.37 bits per heavy atom. The van der Waals surface area contributed by atoms with E-state index in [9.17, 15) is 0 Å². The third kappa shape index (κ3) is 3.68. The second-order valence-electron chi connectivity index (χ2n) is 5.15. The average molecular weight is 338 g/mol. The van der Waals surface area contributed by atoms with Crippen LogP contribution in [0.4, 0.5) is 0 Å². The molecule has 0 aliphatic heterocycles. The molecule has 2 atom stereocenters. The molecule has 102 valence electrons. The molecule has 0 spiro atoms. The molecule has 1 nitrogen and oxygen atoms in total. The summed E-state index contributed by atoms with van der Waals surface area (Å²) in [7, 11) is 0. The molecule has 2 unspecified atom stereocenters. The van der Waals surface area contributed by atoms with Crippen LogP contribution in [0.5, 0.6) is 0 Å². The molecule has 0 saturated carbocycles. The van der Waals surface area contributed by atoms with Gasteiger partial charge < -0.3 is 5.32 Å². The Hall–Kier alpha value is -0.640. The first kappa shape index (κ1) is 14.8. The zero-order chi connectivity index (χ0) is 13.8. The molecule has 0 aliphatic rings. The minimum atomic E-state index is 0.324. The molecule has 0 fully saturated rings. The van der Waals surface area contributed by atoms with E-state index in [1.165, 1.54) is 14.9 Å². The second-order valence-corrected chi connectivity index (χ2v) is 6.98. The van der Waals surface area contributed by atoms with Gasteiger partial charge in [-0.15, -0.1) is 11.3 Å². The molecule has 0 amide bonds. The summed E-state index contributed by atoms with van der Waals surface area (Å²) in [5.74, 6) is 0.573. The molecular weight excluding hydrogens is 318 g/mol. The monoisotopic (exact) mass is 337 g/mol. The third-order valence-corrected chi connectivity index (χ3v) is 5.00. The zero-order valence-electron chi connectivity index (χ0n) is 11.6. The fourth-order valence-electron chi connectivity index (χ4n) is 2.26. The number of hydrogen-bond acceptors (Lipinski definition) is 2. The Kier molecular flexibility index (Phi) is 5.20. The average Bonchev–Trinajstić information content (AvgIpc) is 2.89. The number of thiophene rings is 1. The van der Waals surface area contributed by atoms with Crippen LogP contribution in [0.15, 0.2) is 46.3 Å². The van der Waals surface area contributed by atoms with Crippen molar-refractivity contribution in [2.24, 2.45) is 5.92 Å². The predicted octanol–water partition coefficient (Wildman–Crippen LogP) is 5.56. The van der Waals surface area contributed by atoms with Gasteiger partial charge in [-0.2, -0.15) is 0 Å². The molecule has 0 radical (unpaired) electrons. The lowest BCUT2D eigenvalue weighted by molar-refractivity contribution is 0.379. The molecule has 1 aromatic carbocycles. The van der Waals surface area contributed by atoms with Crippen LogP contribution in [-0.2, 0) is 0 Å². The maximum atomic E-state index is 3.76. The van der Waals surface area contributed by atoms with Crippen LogP contribution in [0.25, 0.3) is 0 Å². The molecular formula is C16H20BrNS. The molecule has 3 heteroatoms. The topological polar surface area (TPSA) is 12.0 Å². The highest BCUT2D eigenvalue weighted by atomic mass is 79.9. The molecule has 0 bridgehead atoms. The number of rotatable bonds is 5. The van der Waals surface area contributed by atoms with E-state index in [-0.39, 0.29) is 0 Å². The van der Waals surface area contributed by atoms with Crippen molar-refractivity contribution in [1.29, 1.82) is 0 Å². The van der Waals surface area contributed by atoms with Gasteiger partial charge in [-0.05, 0) is 35.9 Å². The van der Waals surface area contributed by atoms with Crippen LogP contribution >= 0.6 is 27.3 Å². The van der Waals surface area contributed by atoms with E-state index in [4.69, 9.17) is 0 Å². The first-order chi connectivity index (χ1) is 9.09. The molecule has 1 aromatic heterocycles. The first-order valence-electron chi connectivity index (χ1n) is 6.63. The molecule has 1 N–H and O–H groups in total. The van der Waals surface area contributed by atoms with Crippen molar-refractivity contribution in [3.63, 3.8) is 0 Å². The van der Waals surface area contributed by atoms with Crippen LogP contribution in [0.2, 0.25) is 0 Å². The van der Waals surface area contributed by atoms with Gasteiger partial charge in [0.25, 0.3) is 0 Å². The molecule has 2 aromatic rings. The lowest BCUT2D eigenvalue weighted by Crippen LogP contribution is -2.28. The summed E-state index contributed by atoms with van der Waals surface area (Å²) >= 11 is 5.46. The molecule has 0 aliphatic carbocycles. The summed E-state index contributed by atoms with van der Waals surface area (Å²) in [5, 5.41) is 5.90. The Balaban J connectivity index is 2.16. The fraction of sp³-hybridized carbons (Fsp3) is 0.375. The van der Waals surface area contributed by atoms with E-state index in [0.717, 1.165) is 0 Å². The van der Waals surface area contributed by atoms with Crippen LogP contribution < -0.4 is 5.32 Å². The smallest absolute Gasteiger partial charge is 0.0442 e. The SMILES string of the molecule is CC(NC(c1cccs1)C(C)C)c1ccccc1Br. The van der Waals surface area contributed by atoms with Crippen LogP contribution in [0.3, 0.4) is 0 Å². The van der Waals surface area contributed by atoms with Crippen molar-refractivity contribution >= 4 is 27.3 Å². The van der Waals surface area contributed by atoms with Gasteiger partial charge in [-0.25, -0.2) is 0 Å². The number of halogens is 1. The lowest BCUT2D eigenvalue weighted by Gasteiger charge is -2.26. The van der Waals surface area contributed by atoms with Crippen molar-refractivity contribution in [3.05, 3.63) is 56.7 Å². The van der Waals surface area contributed by atoms with Crippen molar-refractivity contribution in [2.75, 3.05) is 0 Å². The van der Waals surface area contributed by atoms with Crippen LogP contribution in [-0.4, -0.2) is 0 Å². The molecule has 19 heavy (non-hydrogen) atoms. The molecule has 1 heterocycles. The van der Waals surface area contributed by atoms with E-state index < -0.39 is 0 Å². The van der Waals surface area contributed by atoms with Gasteiger partial charge in [-0.1, -0.05) is 54.0 Å². The van der Waals surface area contributed by atoms with Gasteiger partial charge in [0, 0.05) is 21.4 Å². The number of hydrogen-bond donors (Lipinski definition) is 1. The van der Waals surface area contributed by atoms with Crippen LogP contribution in [0, 0.1) is 5.92 Å². The Morgan fingerprint density at radius 1 is 1.05 bits per heavy atom. The molecule has 2 rings (SSSR count). The summed E-state index contributed by atoms with van der Waals surface area (Å²) in [6, 6.07) is 13.5. The standard InChI is InChI=1S/C16H20BrNS/c1-11(2)16(15-9-6-10-19-15)18-12(3)13-7-4-5-8-14(13)17/h4-12,16,18H,1-3H3. The summed E-state index contributed by atoms with van der Waals surface area (Å²) < 4.78 is 1.17. The first-order valence-corrected chi connectivity index (χ1v) is 8.30. The van der Waals surface area contributed by atoms with E-state index in [1.54, 1.807) is 0 Å². The van der Waals surface area contributed by atoms with E-state index >= 15 is 0 Å². The van der Waals surface area contributed by atoms with Crippen LogP contribution in [0.1, 0.15) is 43.3 Å². The Bertz CT molecular complexity index is 507. The summed E-state index contributed by atoms with van der Waals surface area (Å²) in [5.41, 5.74) is 1.31. The number of nitrogens with one attached hydrogen (secondary N) is 1. The summed E-state index contributed by atoms with van der Waals surface area (Å²) in [4.78, 5) is 1.41. The largest absolute Gasteiger partial charge is 0.302 e. The normalized spacial score (nSPS) is 14.6. The lowest BCUT2D eigenvalue weighted by atomic mass is 10.00. The minimum Gasteiger partial charge on any atom is -0.302 e. The van der Waals surface area contributed by atoms with E-state index in [1.807, 2.05) is 11.3 Å².